The minimum Gasteiger partial charge on any atom is -0.487 e. The quantitative estimate of drug-likeness (QED) is 0.208. The van der Waals surface area contributed by atoms with Crippen LogP contribution in [-0.4, -0.2) is 59.5 Å². The summed E-state index contributed by atoms with van der Waals surface area (Å²) >= 11 is 8.09. The Bertz CT molecular complexity index is 1580. The Morgan fingerprint density at radius 1 is 1.20 bits per heavy atom. The second-order valence-corrected chi connectivity index (χ2v) is 13.0. The highest BCUT2D eigenvalue weighted by Gasteiger charge is 2.29. The van der Waals surface area contributed by atoms with Crippen molar-refractivity contribution in [3.05, 3.63) is 76.1 Å². The Morgan fingerprint density at radius 3 is 2.83 bits per heavy atom. The van der Waals surface area contributed by atoms with E-state index in [4.69, 9.17) is 16.3 Å². The molecule has 0 aliphatic carbocycles. The number of nitrogens with zero attached hydrogens (tertiary/aromatic N) is 4. The zero-order valence-electron chi connectivity index (χ0n) is 23.9. The third kappa shape index (κ3) is 7.75. The highest BCUT2D eigenvalue weighted by atomic mass is 35.5. The van der Waals surface area contributed by atoms with Gasteiger partial charge in [-0.3, -0.25) is 4.90 Å². The van der Waals surface area contributed by atoms with Gasteiger partial charge in [0, 0.05) is 18.8 Å². The van der Waals surface area contributed by atoms with Gasteiger partial charge < -0.3 is 15.0 Å². The van der Waals surface area contributed by atoms with E-state index in [0.717, 1.165) is 52.4 Å². The molecule has 3 heterocycles. The first kappa shape index (κ1) is 29.3. The van der Waals surface area contributed by atoms with Gasteiger partial charge in [0.15, 0.2) is 5.82 Å². The third-order valence-electron chi connectivity index (χ3n) is 6.89. The fraction of sp³-hybridized carbons (Fsp3) is 0.375. The van der Waals surface area contributed by atoms with Crippen LogP contribution in [0.25, 0.3) is 10.2 Å². The molecule has 0 radical (unpaired) electrons. The van der Waals surface area contributed by atoms with E-state index in [9.17, 15) is 4.39 Å². The van der Waals surface area contributed by atoms with Crippen LogP contribution in [0, 0.1) is 23.1 Å². The molecule has 2 aromatic carbocycles. The van der Waals surface area contributed by atoms with Crippen LogP contribution < -0.4 is 10.1 Å². The number of hydrogen-bond acceptors (Lipinski definition) is 7. The zero-order chi connectivity index (χ0) is 29.0. The zero-order valence-corrected chi connectivity index (χ0v) is 25.4. The van der Waals surface area contributed by atoms with Crippen LogP contribution >= 0.6 is 22.9 Å². The maximum Gasteiger partial charge on any atom is 0.151 e. The monoisotopic (exact) mass is 591 g/mol. The summed E-state index contributed by atoms with van der Waals surface area (Å²) < 4.78 is 20.2. The van der Waals surface area contributed by atoms with Gasteiger partial charge in [-0.05, 0) is 80.9 Å². The Morgan fingerprint density at radius 2 is 2.05 bits per heavy atom. The summed E-state index contributed by atoms with van der Waals surface area (Å²) in [5.41, 5.74) is 2.57. The number of ether oxygens (including phenoxy) is 1. The van der Waals surface area contributed by atoms with Crippen LogP contribution in [0.2, 0.25) is 5.02 Å². The van der Waals surface area contributed by atoms with Gasteiger partial charge in [0.05, 0.1) is 26.2 Å². The highest BCUT2D eigenvalue weighted by molar-refractivity contribution is 7.20. The van der Waals surface area contributed by atoms with Crippen LogP contribution in [0.3, 0.4) is 0 Å². The van der Waals surface area contributed by atoms with Gasteiger partial charge in [-0.15, -0.1) is 11.3 Å². The lowest BCUT2D eigenvalue weighted by Crippen LogP contribution is -2.41. The summed E-state index contributed by atoms with van der Waals surface area (Å²) in [6.45, 7) is 8.06. The van der Waals surface area contributed by atoms with E-state index in [-0.39, 0.29) is 23.9 Å². The molecule has 0 amide bonds. The summed E-state index contributed by atoms with van der Waals surface area (Å²) in [6, 6.07) is 14.1. The molecule has 6 nitrogen and oxygen atoms in total. The van der Waals surface area contributed by atoms with E-state index < -0.39 is 0 Å². The van der Waals surface area contributed by atoms with Crippen molar-refractivity contribution in [3.63, 3.8) is 0 Å². The lowest BCUT2D eigenvalue weighted by atomic mass is 9.92. The molecule has 0 bridgehead atoms. The Kier molecular flexibility index (Phi) is 9.10. The summed E-state index contributed by atoms with van der Waals surface area (Å²) in [6.07, 6.45) is 3.84. The smallest absolute Gasteiger partial charge is 0.151 e. The average molecular weight is 592 g/mol. The lowest BCUT2D eigenvalue weighted by Gasteiger charge is -2.34. The normalized spacial score (nSPS) is 15.7. The standard InChI is InChI=1S/C32H35ClFN5OS/c1-32(2,19-38(3)4)20-39-14-6-9-25(39)11-12-26-17-28-30(41-26)31(36-21-35-28)37-24-10-13-29(27(33)16-24)40-18-22-7-5-8-23(34)15-22/h5,7-8,10,13,15-17,21,25H,6,9,14,18-20H2,1-4H3,(H,35,36,37)/t25-/m0/s1. The molecule has 4 aromatic rings. The number of thiophene rings is 1. The van der Waals surface area contributed by atoms with Crippen molar-refractivity contribution in [1.82, 2.24) is 19.8 Å². The number of rotatable bonds is 9. The van der Waals surface area contributed by atoms with Crippen LogP contribution in [-0.2, 0) is 6.61 Å². The maximum atomic E-state index is 13.5. The van der Waals surface area contributed by atoms with E-state index in [1.807, 2.05) is 18.2 Å². The fourth-order valence-corrected chi connectivity index (χ4v) is 6.57. The predicted octanol–water partition coefficient (Wildman–Crippen LogP) is 7.21. The van der Waals surface area contributed by atoms with E-state index in [1.54, 1.807) is 35.9 Å². The number of fused-ring (bicyclic) bond motifs is 1. The molecule has 41 heavy (non-hydrogen) atoms. The molecule has 1 aliphatic rings. The van der Waals surface area contributed by atoms with Crippen LogP contribution in [0.15, 0.2) is 54.9 Å². The van der Waals surface area contributed by atoms with Crippen LogP contribution in [0.5, 0.6) is 5.75 Å². The second kappa shape index (κ2) is 12.7. The molecule has 1 atom stereocenters. The van der Waals surface area contributed by atoms with E-state index in [1.165, 1.54) is 18.6 Å². The first-order valence-electron chi connectivity index (χ1n) is 13.7. The van der Waals surface area contributed by atoms with E-state index in [2.05, 4.69) is 64.9 Å². The van der Waals surface area contributed by atoms with Gasteiger partial charge >= 0.3 is 0 Å². The first-order chi connectivity index (χ1) is 19.6. The van der Waals surface area contributed by atoms with Crippen LogP contribution in [0.1, 0.15) is 37.1 Å². The molecular weight excluding hydrogens is 557 g/mol. The van der Waals surface area contributed by atoms with Gasteiger partial charge in [-0.25, -0.2) is 14.4 Å². The molecule has 0 spiro atoms. The molecule has 0 unspecified atom stereocenters. The van der Waals surface area contributed by atoms with Gasteiger partial charge in [-0.1, -0.05) is 49.4 Å². The predicted molar refractivity (Wildman–Crippen MR) is 167 cm³/mol. The van der Waals surface area contributed by atoms with E-state index in [0.29, 0.717) is 16.6 Å². The molecule has 1 saturated heterocycles. The Hall–Kier alpha value is -3.22. The lowest BCUT2D eigenvalue weighted by molar-refractivity contribution is 0.150. The molecule has 214 valence electrons. The van der Waals surface area contributed by atoms with Crippen molar-refractivity contribution in [1.29, 1.82) is 0 Å². The van der Waals surface area contributed by atoms with Crippen molar-refractivity contribution in [2.24, 2.45) is 5.41 Å². The summed E-state index contributed by atoms with van der Waals surface area (Å²) in [5, 5.41) is 3.81. The molecule has 1 N–H and O–H groups in total. The number of aromatic nitrogens is 2. The minimum atomic E-state index is -0.296. The van der Waals surface area contributed by atoms with E-state index >= 15 is 0 Å². The summed E-state index contributed by atoms with van der Waals surface area (Å²) in [7, 11) is 4.26. The number of anilines is 2. The Balaban J connectivity index is 1.27. The van der Waals surface area contributed by atoms with Gasteiger partial charge in [0.1, 0.15) is 24.5 Å². The molecule has 1 aliphatic heterocycles. The third-order valence-corrected chi connectivity index (χ3v) is 8.23. The topological polar surface area (TPSA) is 53.5 Å². The Labute approximate surface area is 250 Å². The molecule has 2 aromatic heterocycles. The van der Waals surface area contributed by atoms with Gasteiger partial charge in [0.2, 0.25) is 0 Å². The number of halogens is 2. The summed E-state index contributed by atoms with van der Waals surface area (Å²) in [4.78, 5) is 14.7. The van der Waals surface area contributed by atoms with Crippen molar-refractivity contribution in [2.45, 2.75) is 39.3 Å². The number of hydrogen-bond donors (Lipinski definition) is 1. The molecule has 5 rings (SSSR count). The number of likely N-dealkylation sites (tertiary alicyclic amines) is 1. The molecular formula is C32H35ClFN5OS. The number of nitrogens with one attached hydrogen (secondary N) is 1. The van der Waals surface area contributed by atoms with Gasteiger partial charge in [0.25, 0.3) is 0 Å². The molecule has 9 heteroatoms. The van der Waals surface area contributed by atoms with Crippen molar-refractivity contribution < 1.29 is 9.13 Å². The molecule has 1 fully saturated rings. The summed E-state index contributed by atoms with van der Waals surface area (Å²) in [5.74, 6) is 7.90. The van der Waals surface area contributed by atoms with Crippen molar-refractivity contribution in [2.75, 3.05) is 39.0 Å². The first-order valence-corrected chi connectivity index (χ1v) is 14.9. The highest BCUT2D eigenvalue weighted by Crippen LogP contribution is 2.34. The van der Waals surface area contributed by atoms with Gasteiger partial charge in [-0.2, -0.15) is 0 Å². The SMILES string of the molecule is CN(C)CC(C)(C)CN1CCC[C@H]1C#Cc1cc2ncnc(Nc3ccc(OCc4cccc(F)c4)c(Cl)c3)c2s1. The average Bonchev–Trinajstić information content (AvgIpc) is 3.52. The largest absolute Gasteiger partial charge is 0.487 e. The molecule has 0 saturated carbocycles. The minimum absolute atomic E-state index is 0.204. The number of benzene rings is 2. The fourth-order valence-electron chi connectivity index (χ4n) is 5.41. The van der Waals surface area contributed by atoms with Crippen molar-refractivity contribution in [3.8, 4) is 17.6 Å². The van der Waals surface area contributed by atoms with Crippen molar-refractivity contribution >= 4 is 44.7 Å². The second-order valence-electron chi connectivity index (χ2n) is 11.5. The van der Waals surface area contributed by atoms with Crippen LogP contribution in [0.4, 0.5) is 15.9 Å². The maximum absolute atomic E-state index is 13.5.